The van der Waals surface area contributed by atoms with Gasteiger partial charge in [-0.2, -0.15) is 0 Å². The van der Waals surface area contributed by atoms with Crippen molar-refractivity contribution in [2.24, 2.45) is 0 Å². The summed E-state index contributed by atoms with van der Waals surface area (Å²) in [7, 11) is 0. The first-order chi connectivity index (χ1) is 15.9. The third-order valence-corrected chi connectivity index (χ3v) is 5.39. The predicted molar refractivity (Wildman–Crippen MR) is 115 cm³/mol. The van der Waals surface area contributed by atoms with Crippen LogP contribution in [0.1, 0.15) is 27.5 Å². The van der Waals surface area contributed by atoms with E-state index in [9.17, 15) is 18.4 Å². The molecule has 4 rings (SSSR count). The number of carboxylic acids is 1. The molecule has 9 heteroatoms. The highest BCUT2D eigenvalue weighted by molar-refractivity contribution is 5.99. The maximum absolute atomic E-state index is 13.4. The molecule has 0 atom stereocenters. The van der Waals surface area contributed by atoms with Crippen LogP contribution in [-0.4, -0.2) is 57.9 Å². The van der Waals surface area contributed by atoms with E-state index in [2.05, 4.69) is 4.98 Å². The van der Waals surface area contributed by atoms with Crippen LogP contribution in [0.25, 0.3) is 5.57 Å². The molecule has 170 valence electrons. The molecular formula is C24H21F2N3O4. The van der Waals surface area contributed by atoms with E-state index in [0.29, 0.717) is 55.3 Å². The molecule has 7 nitrogen and oxygen atoms in total. The number of carbonyl (C=O) groups excluding carboxylic acids is 1. The number of carboxylic acid groups (broad SMARTS) is 1. The Kier molecular flexibility index (Phi) is 6.60. The average Bonchev–Trinajstić information content (AvgIpc) is 3.28. The van der Waals surface area contributed by atoms with Crippen LogP contribution in [0, 0.1) is 11.6 Å². The van der Waals surface area contributed by atoms with Gasteiger partial charge in [0.2, 0.25) is 11.8 Å². The summed E-state index contributed by atoms with van der Waals surface area (Å²) in [6.45, 7) is 2.39. The van der Waals surface area contributed by atoms with Crippen LogP contribution in [0.4, 0.5) is 8.78 Å². The summed E-state index contributed by atoms with van der Waals surface area (Å²) in [6, 6.07) is 11.6. The second-order valence-corrected chi connectivity index (χ2v) is 7.60. The van der Waals surface area contributed by atoms with E-state index < -0.39 is 5.97 Å². The predicted octanol–water partition coefficient (Wildman–Crippen LogP) is 3.43. The van der Waals surface area contributed by atoms with E-state index in [4.69, 9.17) is 9.52 Å². The van der Waals surface area contributed by atoms with Gasteiger partial charge in [-0.1, -0.05) is 24.3 Å². The molecule has 1 aliphatic heterocycles. The van der Waals surface area contributed by atoms with Crippen LogP contribution in [0.3, 0.4) is 0 Å². The maximum Gasteiger partial charge on any atom is 0.357 e. The highest BCUT2D eigenvalue weighted by Gasteiger charge is 2.22. The second kappa shape index (κ2) is 9.74. The van der Waals surface area contributed by atoms with Gasteiger partial charge in [0.05, 0.1) is 6.54 Å². The van der Waals surface area contributed by atoms with Crippen molar-refractivity contribution in [3.8, 4) is 0 Å². The summed E-state index contributed by atoms with van der Waals surface area (Å²) < 4.78 is 32.0. The van der Waals surface area contributed by atoms with Gasteiger partial charge in [-0.15, -0.1) is 0 Å². The minimum Gasteiger partial charge on any atom is -0.476 e. The van der Waals surface area contributed by atoms with Crippen LogP contribution in [0.5, 0.6) is 0 Å². The third-order valence-electron chi connectivity index (χ3n) is 5.39. The lowest BCUT2D eigenvalue weighted by atomic mass is 9.97. The molecular weight excluding hydrogens is 432 g/mol. The fourth-order valence-corrected chi connectivity index (χ4v) is 3.61. The lowest BCUT2D eigenvalue weighted by molar-refractivity contribution is -0.127. The molecule has 1 N–H and O–H groups in total. The lowest BCUT2D eigenvalue weighted by Crippen LogP contribution is -2.47. The van der Waals surface area contributed by atoms with E-state index in [-0.39, 0.29) is 23.2 Å². The van der Waals surface area contributed by atoms with Crippen LogP contribution in [0.2, 0.25) is 0 Å². The molecule has 0 spiro atoms. The number of benzene rings is 2. The largest absolute Gasteiger partial charge is 0.476 e. The lowest BCUT2D eigenvalue weighted by Gasteiger charge is -2.33. The van der Waals surface area contributed by atoms with Crippen LogP contribution in [-0.2, 0) is 11.3 Å². The average molecular weight is 453 g/mol. The molecule has 1 aromatic heterocycles. The van der Waals surface area contributed by atoms with Gasteiger partial charge < -0.3 is 14.4 Å². The molecule has 1 aliphatic rings. The van der Waals surface area contributed by atoms with Gasteiger partial charge in [-0.05, 0) is 41.0 Å². The number of carbonyl (C=O) groups is 2. The Labute approximate surface area is 188 Å². The number of hydrogen-bond acceptors (Lipinski definition) is 5. The minimum absolute atomic E-state index is 0.141. The van der Waals surface area contributed by atoms with Crippen molar-refractivity contribution in [1.29, 1.82) is 0 Å². The molecule has 0 saturated carbocycles. The standard InChI is InChI=1S/C24H21F2N3O4/c25-18-5-1-16(2-6-18)20(17-3-7-19(26)8-4-17)13-23(30)29-11-9-28(10-12-29)14-22-27-21(15-33-22)24(31)32/h1-8,13,15H,9-12,14H2,(H,31,32). The van der Waals surface area contributed by atoms with Crippen LogP contribution in [0.15, 0.2) is 65.3 Å². The number of aromatic carboxylic acids is 1. The molecule has 1 amide bonds. The Bertz CT molecular complexity index is 1120. The zero-order valence-electron chi connectivity index (χ0n) is 17.6. The summed E-state index contributed by atoms with van der Waals surface area (Å²) in [5.74, 6) is -1.82. The molecule has 2 aromatic carbocycles. The molecule has 33 heavy (non-hydrogen) atoms. The fourth-order valence-electron chi connectivity index (χ4n) is 3.61. The van der Waals surface area contributed by atoms with Crippen molar-refractivity contribution in [1.82, 2.24) is 14.8 Å². The first-order valence-corrected chi connectivity index (χ1v) is 10.3. The van der Waals surface area contributed by atoms with Gasteiger partial charge in [-0.3, -0.25) is 9.69 Å². The molecule has 1 saturated heterocycles. The SMILES string of the molecule is O=C(O)c1coc(CN2CCN(C(=O)C=C(c3ccc(F)cc3)c3ccc(F)cc3)CC2)n1. The Morgan fingerprint density at radius 1 is 0.939 bits per heavy atom. The zero-order valence-corrected chi connectivity index (χ0v) is 17.6. The van der Waals surface area contributed by atoms with Gasteiger partial charge in [-0.25, -0.2) is 18.6 Å². The second-order valence-electron chi connectivity index (χ2n) is 7.60. The van der Waals surface area contributed by atoms with Gasteiger partial charge in [0, 0.05) is 32.3 Å². The number of rotatable bonds is 6. The zero-order chi connectivity index (χ0) is 23.4. The number of amides is 1. The van der Waals surface area contributed by atoms with E-state index in [1.165, 1.54) is 30.3 Å². The maximum atomic E-state index is 13.4. The van der Waals surface area contributed by atoms with Crippen LogP contribution < -0.4 is 0 Å². The van der Waals surface area contributed by atoms with Gasteiger partial charge in [0.1, 0.15) is 17.9 Å². The molecule has 0 unspecified atom stereocenters. The Morgan fingerprint density at radius 3 is 1.97 bits per heavy atom. The number of piperazine rings is 1. The number of aromatic nitrogens is 1. The first kappa shape index (κ1) is 22.3. The third kappa shape index (κ3) is 5.50. The van der Waals surface area contributed by atoms with Gasteiger partial charge in [0.15, 0.2) is 5.69 Å². The minimum atomic E-state index is -1.15. The fraction of sp³-hybridized carbons (Fsp3) is 0.208. The molecule has 3 aromatic rings. The Balaban J connectivity index is 1.46. The van der Waals surface area contributed by atoms with Crippen molar-refractivity contribution in [3.63, 3.8) is 0 Å². The van der Waals surface area contributed by atoms with Crippen molar-refractivity contribution >= 4 is 17.4 Å². The summed E-state index contributed by atoms with van der Waals surface area (Å²) in [5, 5.41) is 8.94. The highest BCUT2D eigenvalue weighted by atomic mass is 19.1. The van der Waals surface area contributed by atoms with E-state index in [1.807, 2.05) is 4.90 Å². The van der Waals surface area contributed by atoms with Gasteiger partial charge >= 0.3 is 5.97 Å². The summed E-state index contributed by atoms with van der Waals surface area (Å²) in [5.41, 5.74) is 1.72. The number of hydrogen-bond donors (Lipinski definition) is 1. The van der Waals surface area contributed by atoms with E-state index in [1.54, 1.807) is 29.2 Å². The van der Waals surface area contributed by atoms with E-state index in [0.717, 1.165) is 6.26 Å². The Morgan fingerprint density at radius 2 is 1.48 bits per heavy atom. The molecule has 1 fully saturated rings. The highest BCUT2D eigenvalue weighted by Crippen LogP contribution is 2.25. The summed E-state index contributed by atoms with van der Waals surface area (Å²) in [4.78, 5) is 31.6. The molecule has 2 heterocycles. The van der Waals surface area contributed by atoms with Crippen molar-refractivity contribution in [3.05, 3.63) is 95.2 Å². The van der Waals surface area contributed by atoms with Crippen molar-refractivity contribution in [2.75, 3.05) is 26.2 Å². The monoisotopic (exact) mass is 453 g/mol. The normalized spacial score (nSPS) is 14.2. The van der Waals surface area contributed by atoms with Crippen molar-refractivity contribution < 1.29 is 27.9 Å². The smallest absolute Gasteiger partial charge is 0.357 e. The summed E-state index contributed by atoms with van der Waals surface area (Å²) >= 11 is 0. The molecule has 0 aliphatic carbocycles. The Hall–Kier alpha value is -3.85. The number of nitrogens with zero attached hydrogens (tertiary/aromatic N) is 3. The topological polar surface area (TPSA) is 86.9 Å². The summed E-state index contributed by atoms with van der Waals surface area (Å²) in [6.07, 6.45) is 2.60. The molecule has 0 bridgehead atoms. The van der Waals surface area contributed by atoms with E-state index >= 15 is 0 Å². The number of oxazole rings is 1. The number of halogens is 2. The van der Waals surface area contributed by atoms with Crippen LogP contribution >= 0.6 is 0 Å². The quantitative estimate of drug-likeness (QED) is 0.576. The van der Waals surface area contributed by atoms with Crippen molar-refractivity contribution in [2.45, 2.75) is 6.54 Å². The van der Waals surface area contributed by atoms with Gasteiger partial charge in [0.25, 0.3) is 0 Å². The first-order valence-electron chi connectivity index (χ1n) is 10.3. The molecule has 0 radical (unpaired) electrons.